The zero-order valence-electron chi connectivity index (χ0n) is 14.7. The molecule has 1 aliphatic heterocycles. The van der Waals surface area contributed by atoms with Crippen molar-refractivity contribution < 1.29 is 19.1 Å². The van der Waals surface area contributed by atoms with Crippen LogP contribution in [0.4, 0.5) is 10.6 Å². The number of amides is 2. The van der Waals surface area contributed by atoms with Gasteiger partial charge in [-0.1, -0.05) is 0 Å². The summed E-state index contributed by atoms with van der Waals surface area (Å²) in [6, 6.07) is 1.62. The molecule has 0 unspecified atom stereocenters. The third-order valence-electron chi connectivity index (χ3n) is 3.87. The van der Waals surface area contributed by atoms with Crippen LogP contribution in [0, 0.1) is 0 Å². The summed E-state index contributed by atoms with van der Waals surface area (Å²) < 4.78 is 9.95. The van der Waals surface area contributed by atoms with Crippen LogP contribution in [-0.2, 0) is 9.47 Å². The lowest BCUT2D eigenvalue weighted by atomic mass is 10.1. The van der Waals surface area contributed by atoms with Crippen LogP contribution in [0.3, 0.4) is 0 Å². The van der Waals surface area contributed by atoms with Gasteiger partial charge in [0.25, 0.3) is 5.91 Å². The normalized spacial score (nSPS) is 14.9. The van der Waals surface area contributed by atoms with E-state index in [4.69, 9.17) is 9.47 Å². The van der Waals surface area contributed by atoms with Gasteiger partial charge in [-0.3, -0.25) is 4.79 Å². The number of methoxy groups -OCH3 is 1. The van der Waals surface area contributed by atoms with Gasteiger partial charge in [0.1, 0.15) is 17.8 Å². The van der Waals surface area contributed by atoms with E-state index < -0.39 is 0 Å². The van der Waals surface area contributed by atoms with Gasteiger partial charge in [-0.15, -0.1) is 0 Å². The van der Waals surface area contributed by atoms with Crippen molar-refractivity contribution in [1.82, 2.24) is 20.2 Å². The van der Waals surface area contributed by atoms with E-state index in [-0.39, 0.29) is 18.0 Å². The van der Waals surface area contributed by atoms with E-state index in [1.54, 1.807) is 25.0 Å². The molecule has 0 atom stereocenters. The van der Waals surface area contributed by atoms with E-state index in [1.807, 2.05) is 0 Å². The molecule has 0 saturated carbocycles. The van der Waals surface area contributed by atoms with E-state index in [1.165, 1.54) is 6.33 Å². The van der Waals surface area contributed by atoms with Crippen molar-refractivity contribution in [2.24, 2.45) is 0 Å². The number of carbonyl (C=O) groups excluding carboxylic acids is 2. The summed E-state index contributed by atoms with van der Waals surface area (Å²) in [5.74, 6) is 0.334. The van der Waals surface area contributed by atoms with Crippen LogP contribution in [0.2, 0.25) is 0 Å². The quantitative estimate of drug-likeness (QED) is 0.703. The van der Waals surface area contributed by atoms with E-state index in [9.17, 15) is 9.59 Å². The second-order valence-electron chi connectivity index (χ2n) is 5.64. The van der Waals surface area contributed by atoms with Gasteiger partial charge < -0.3 is 25.0 Å². The molecule has 0 radical (unpaired) electrons. The SMILES string of the molecule is CCOC(=O)N1CCC(NC(=O)c2cc(NCCOC)ncn2)CC1. The number of carbonyl (C=O) groups is 2. The molecule has 1 aliphatic rings. The van der Waals surface area contributed by atoms with Gasteiger partial charge in [0, 0.05) is 38.9 Å². The average molecular weight is 351 g/mol. The Morgan fingerprint density at radius 2 is 2.08 bits per heavy atom. The Balaban J connectivity index is 1.82. The first-order chi connectivity index (χ1) is 12.1. The highest BCUT2D eigenvalue weighted by atomic mass is 16.6. The molecule has 0 aliphatic carbocycles. The van der Waals surface area contributed by atoms with Crippen LogP contribution in [0.5, 0.6) is 0 Å². The van der Waals surface area contributed by atoms with Crippen LogP contribution in [0.25, 0.3) is 0 Å². The van der Waals surface area contributed by atoms with E-state index in [2.05, 4.69) is 20.6 Å². The molecule has 9 nitrogen and oxygen atoms in total. The van der Waals surface area contributed by atoms with Crippen LogP contribution in [0.1, 0.15) is 30.3 Å². The highest BCUT2D eigenvalue weighted by molar-refractivity contribution is 5.93. The summed E-state index contributed by atoms with van der Waals surface area (Å²) >= 11 is 0. The van der Waals surface area contributed by atoms with Crippen molar-refractivity contribution in [3.05, 3.63) is 18.1 Å². The number of ether oxygens (including phenoxy) is 2. The molecule has 0 bridgehead atoms. The highest BCUT2D eigenvalue weighted by Gasteiger charge is 2.25. The Bertz CT molecular complexity index is 575. The van der Waals surface area contributed by atoms with Crippen LogP contribution >= 0.6 is 0 Å². The minimum Gasteiger partial charge on any atom is -0.450 e. The molecule has 9 heteroatoms. The molecule has 1 aromatic rings. The van der Waals surface area contributed by atoms with E-state index in [0.717, 1.165) is 0 Å². The molecule has 138 valence electrons. The van der Waals surface area contributed by atoms with Crippen molar-refractivity contribution in [1.29, 1.82) is 0 Å². The summed E-state index contributed by atoms with van der Waals surface area (Å²) in [7, 11) is 1.62. The number of piperidine rings is 1. The predicted molar refractivity (Wildman–Crippen MR) is 91.5 cm³/mol. The van der Waals surface area contributed by atoms with E-state index in [0.29, 0.717) is 57.2 Å². The highest BCUT2D eigenvalue weighted by Crippen LogP contribution is 2.12. The molecule has 1 aromatic heterocycles. The molecule has 0 aromatic carbocycles. The molecule has 2 rings (SSSR count). The van der Waals surface area contributed by atoms with Gasteiger partial charge in [0.2, 0.25) is 0 Å². The number of nitrogens with zero attached hydrogens (tertiary/aromatic N) is 3. The smallest absolute Gasteiger partial charge is 0.409 e. The average Bonchev–Trinajstić information content (AvgIpc) is 2.63. The summed E-state index contributed by atoms with van der Waals surface area (Å²) in [5.41, 5.74) is 0.308. The molecule has 2 amide bonds. The fourth-order valence-electron chi connectivity index (χ4n) is 2.54. The first-order valence-corrected chi connectivity index (χ1v) is 8.41. The van der Waals surface area contributed by atoms with Gasteiger partial charge in [-0.25, -0.2) is 14.8 Å². The Labute approximate surface area is 147 Å². The molecule has 25 heavy (non-hydrogen) atoms. The van der Waals surface area contributed by atoms with Crippen molar-refractivity contribution in [3.8, 4) is 0 Å². The van der Waals surface area contributed by atoms with Gasteiger partial charge in [-0.2, -0.15) is 0 Å². The maximum absolute atomic E-state index is 12.4. The number of rotatable bonds is 7. The third-order valence-corrected chi connectivity index (χ3v) is 3.87. The lowest BCUT2D eigenvalue weighted by Gasteiger charge is -2.31. The molecule has 0 spiro atoms. The third kappa shape index (κ3) is 5.86. The molecule has 1 saturated heterocycles. The lowest BCUT2D eigenvalue weighted by molar-refractivity contribution is 0.0856. The Kier molecular flexibility index (Phi) is 7.39. The summed E-state index contributed by atoms with van der Waals surface area (Å²) in [5, 5.41) is 6.02. The van der Waals surface area contributed by atoms with Crippen molar-refractivity contribution >= 4 is 17.8 Å². The fraction of sp³-hybridized carbons (Fsp3) is 0.625. The van der Waals surface area contributed by atoms with Gasteiger partial charge >= 0.3 is 6.09 Å². The topological polar surface area (TPSA) is 106 Å². The number of nitrogens with one attached hydrogen (secondary N) is 2. The van der Waals surface area contributed by atoms with Gasteiger partial charge in [-0.05, 0) is 19.8 Å². The largest absolute Gasteiger partial charge is 0.450 e. The molecular formula is C16H25N5O4. The minimum absolute atomic E-state index is 0.0121. The van der Waals surface area contributed by atoms with Gasteiger partial charge in [0.15, 0.2) is 0 Å². The second-order valence-corrected chi connectivity index (χ2v) is 5.64. The molecular weight excluding hydrogens is 326 g/mol. The Morgan fingerprint density at radius 1 is 1.32 bits per heavy atom. The zero-order chi connectivity index (χ0) is 18.1. The molecule has 2 N–H and O–H groups in total. The number of anilines is 1. The molecule has 2 heterocycles. The maximum Gasteiger partial charge on any atom is 0.409 e. The monoisotopic (exact) mass is 351 g/mol. The first-order valence-electron chi connectivity index (χ1n) is 8.41. The summed E-state index contributed by atoms with van der Waals surface area (Å²) in [4.78, 5) is 33.8. The Hall–Kier alpha value is -2.42. The van der Waals surface area contributed by atoms with Crippen molar-refractivity contribution in [3.63, 3.8) is 0 Å². The summed E-state index contributed by atoms with van der Waals surface area (Å²) in [6.07, 6.45) is 2.44. The maximum atomic E-state index is 12.4. The standard InChI is InChI=1S/C16H25N5O4/c1-3-25-16(23)21-7-4-12(5-8-21)20-15(22)13-10-14(19-11-18-13)17-6-9-24-2/h10-12H,3-9H2,1-2H3,(H,20,22)(H,17,18,19). The van der Waals surface area contributed by atoms with Gasteiger partial charge in [0.05, 0.1) is 13.2 Å². The minimum atomic E-state index is -0.296. The van der Waals surface area contributed by atoms with Crippen LogP contribution in [0.15, 0.2) is 12.4 Å². The van der Waals surface area contributed by atoms with Crippen LogP contribution < -0.4 is 10.6 Å². The molecule has 1 fully saturated rings. The lowest BCUT2D eigenvalue weighted by Crippen LogP contribution is -2.46. The van der Waals surface area contributed by atoms with Crippen molar-refractivity contribution in [2.75, 3.05) is 45.3 Å². The zero-order valence-corrected chi connectivity index (χ0v) is 14.7. The number of aromatic nitrogens is 2. The Morgan fingerprint density at radius 3 is 2.76 bits per heavy atom. The number of hydrogen-bond donors (Lipinski definition) is 2. The fourth-order valence-corrected chi connectivity index (χ4v) is 2.54. The van der Waals surface area contributed by atoms with Crippen LogP contribution in [-0.4, -0.2) is 72.9 Å². The van der Waals surface area contributed by atoms with E-state index >= 15 is 0 Å². The second kappa shape index (κ2) is 9.77. The predicted octanol–water partition coefficient (Wildman–Crippen LogP) is 0.886. The number of hydrogen-bond acceptors (Lipinski definition) is 7. The van der Waals surface area contributed by atoms with Crippen molar-refractivity contribution in [2.45, 2.75) is 25.8 Å². The number of likely N-dealkylation sites (tertiary alicyclic amines) is 1. The first kappa shape index (κ1) is 18.9. The summed E-state index contributed by atoms with van der Waals surface area (Å²) in [6.45, 7) is 4.43.